The summed E-state index contributed by atoms with van der Waals surface area (Å²) in [4.78, 5) is 0. The molecule has 0 unspecified atom stereocenters. The largest absolute Gasteiger partial charge is 0.396 e. The summed E-state index contributed by atoms with van der Waals surface area (Å²) in [5.74, 6) is -0.229. The number of nitrogens with one attached hydrogen (secondary N) is 1. The van der Waals surface area contributed by atoms with Crippen molar-refractivity contribution in [3.05, 3.63) is 42.2 Å². The van der Waals surface area contributed by atoms with E-state index in [1.54, 1.807) is 18.2 Å². The lowest BCUT2D eigenvalue weighted by Crippen LogP contribution is -2.33. The second kappa shape index (κ2) is 4.86. The number of hydroxylamine groups is 1. The van der Waals surface area contributed by atoms with Gasteiger partial charge in [-0.2, -0.15) is 10.2 Å². The average molecular weight is 246 g/mol. The third-order valence-electron chi connectivity index (χ3n) is 2.46. The Kier molecular flexibility index (Phi) is 3.26. The summed E-state index contributed by atoms with van der Waals surface area (Å²) in [6.45, 7) is 0.266. The normalized spacial score (nSPS) is 10.3. The molecule has 0 amide bonds. The van der Waals surface area contributed by atoms with Gasteiger partial charge in [-0.25, -0.2) is 4.68 Å². The maximum absolute atomic E-state index is 10.0. The van der Waals surface area contributed by atoms with Crippen molar-refractivity contribution in [3.8, 4) is 0 Å². The summed E-state index contributed by atoms with van der Waals surface area (Å²) in [5.41, 5.74) is 12.7. The van der Waals surface area contributed by atoms with Crippen LogP contribution in [-0.4, -0.2) is 20.9 Å². The molecule has 0 bridgehead atoms. The van der Waals surface area contributed by atoms with Crippen LogP contribution in [0.2, 0.25) is 0 Å². The molecule has 0 radical (unpaired) electrons. The molecule has 94 valence electrons. The molecule has 2 aromatic rings. The van der Waals surface area contributed by atoms with E-state index in [0.717, 1.165) is 5.56 Å². The molecule has 0 saturated carbocycles. The van der Waals surface area contributed by atoms with Crippen molar-refractivity contribution in [1.29, 1.82) is 5.41 Å². The average Bonchev–Trinajstić information content (AvgIpc) is 2.83. The summed E-state index contributed by atoms with van der Waals surface area (Å²) in [7, 11) is 0. The lowest BCUT2D eigenvalue weighted by molar-refractivity contribution is 0.305. The van der Waals surface area contributed by atoms with Crippen LogP contribution in [0.15, 0.2) is 36.7 Å². The van der Waals surface area contributed by atoms with Gasteiger partial charge in [-0.3, -0.25) is 10.6 Å². The van der Waals surface area contributed by atoms with E-state index in [9.17, 15) is 5.21 Å². The molecule has 18 heavy (non-hydrogen) atoms. The molecule has 0 atom stereocenters. The van der Waals surface area contributed by atoms with E-state index < -0.39 is 0 Å². The van der Waals surface area contributed by atoms with Crippen molar-refractivity contribution in [3.63, 3.8) is 0 Å². The molecule has 0 aliphatic rings. The highest BCUT2D eigenvalue weighted by atomic mass is 16.5. The highest BCUT2D eigenvalue weighted by Gasteiger charge is 2.15. The number of nitrogens with zero attached hydrogens (tertiary/aromatic N) is 3. The third-order valence-corrected chi connectivity index (χ3v) is 2.46. The highest BCUT2D eigenvalue weighted by molar-refractivity contribution is 5.93. The molecule has 2 rings (SSSR count). The Morgan fingerprint density at radius 1 is 1.44 bits per heavy atom. The van der Waals surface area contributed by atoms with E-state index in [1.807, 2.05) is 6.07 Å². The van der Waals surface area contributed by atoms with Crippen molar-refractivity contribution >= 4 is 17.3 Å². The van der Waals surface area contributed by atoms with E-state index in [4.69, 9.17) is 16.9 Å². The molecule has 1 heterocycles. The van der Waals surface area contributed by atoms with Gasteiger partial charge in [0.25, 0.3) is 0 Å². The zero-order valence-corrected chi connectivity index (χ0v) is 9.61. The zero-order chi connectivity index (χ0) is 13.1. The van der Waals surface area contributed by atoms with E-state index >= 15 is 0 Å². The first-order valence-electron chi connectivity index (χ1n) is 5.29. The van der Waals surface area contributed by atoms with Crippen molar-refractivity contribution < 1.29 is 5.21 Å². The van der Waals surface area contributed by atoms with E-state index in [2.05, 4.69) is 5.10 Å². The van der Waals surface area contributed by atoms with Crippen LogP contribution in [0.3, 0.4) is 0 Å². The molecule has 0 fully saturated rings. The van der Waals surface area contributed by atoms with Gasteiger partial charge in [0.1, 0.15) is 0 Å². The van der Waals surface area contributed by atoms with Gasteiger partial charge in [-0.15, -0.1) is 0 Å². The van der Waals surface area contributed by atoms with E-state index in [-0.39, 0.29) is 12.5 Å². The first-order chi connectivity index (χ1) is 8.63. The maximum Gasteiger partial charge on any atom is 0.248 e. The summed E-state index contributed by atoms with van der Waals surface area (Å²) in [6, 6.07) is 7.02. The first-order valence-corrected chi connectivity index (χ1v) is 5.29. The van der Waals surface area contributed by atoms with E-state index in [1.165, 1.54) is 17.1 Å². The van der Waals surface area contributed by atoms with Crippen molar-refractivity contribution in [2.45, 2.75) is 6.54 Å². The Morgan fingerprint density at radius 3 is 2.78 bits per heavy atom. The molecular weight excluding hydrogens is 232 g/mol. The Hall–Kier alpha value is -2.38. The SMILES string of the molecule is N=C(N(O)c1ccccc1CN)n1cc(N)cn1. The summed E-state index contributed by atoms with van der Waals surface area (Å²) in [6.07, 6.45) is 2.84. The van der Waals surface area contributed by atoms with Gasteiger partial charge >= 0.3 is 0 Å². The van der Waals surface area contributed by atoms with Crippen LogP contribution in [-0.2, 0) is 6.54 Å². The summed E-state index contributed by atoms with van der Waals surface area (Å²) >= 11 is 0. The fraction of sp³-hybridized carbons (Fsp3) is 0.0909. The molecule has 0 saturated heterocycles. The topological polar surface area (TPSA) is 117 Å². The molecule has 0 aliphatic heterocycles. The van der Waals surface area contributed by atoms with Gasteiger partial charge in [-0.1, -0.05) is 18.2 Å². The second-order valence-corrected chi connectivity index (χ2v) is 3.69. The van der Waals surface area contributed by atoms with Crippen LogP contribution >= 0.6 is 0 Å². The minimum atomic E-state index is -0.229. The highest BCUT2D eigenvalue weighted by Crippen LogP contribution is 2.18. The Balaban J connectivity index is 2.31. The van der Waals surface area contributed by atoms with Gasteiger partial charge in [0.2, 0.25) is 5.96 Å². The van der Waals surface area contributed by atoms with Gasteiger partial charge in [-0.05, 0) is 11.6 Å². The summed E-state index contributed by atoms with van der Waals surface area (Å²) in [5, 5.41) is 22.4. The van der Waals surface area contributed by atoms with Gasteiger partial charge in [0.05, 0.1) is 23.8 Å². The number of aromatic nitrogens is 2. The minimum absolute atomic E-state index is 0.229. The molecule has 0 aliphatic carbocycles. The summed E-state index contributed by atoms with van der Waals surface area (Å²) < 4.78 is 1.17. The van der Waals surface area contributed by atoms with Crippen molar-refractivity contribution in [2.24, 2.45) is 5.73 Å². The van der Waals surface area contributed by atoms with Gasteiger partial charge in [0, 0.05) is 6.54 Å². The lowest BCUT2D eigenvalue weighted by Gasteiger charge is -2.19. The van der Waals surface area contributed by atoms with Crippen LogP contribution < -0.4 is 16.5 Å². The number of benzene rings is 1. The number of hydrogen-bond acceptors (Lipinski definition) is 5. The zero-order valence-electron chi connectivity index (χ0n) is 9.61. The quantitative estimate of drug-likeness (QED) is 0.351. The predicted molar refractivity (Wildman–Crippen MR) is 68.4 cm³/mol. The van der Waals surface area contributed by atoms with E-state index in [0.29, 0.717) is 16.4 Å². The molecule has 7 nitrogen and oxygen atoms in total. The van der Waals surface area contributed by atoms with Crippen molar-refractivity contribution in [1.82, 2.24) is 9.78 Å². The number of hydrogen-bond donors (Lipinski definition) is 4. The minimum Gasteiger partial charge on any atom is -0.396 e. The number of anilines is 2. The third kappa shape index (κ3) is 2.17. The Morgan fingerprint density at radius 2 is 2.17 bits per heavy atom. The standard InChI is InChI=1S/C11H14N6O/c12-5-8-3-1-2-4-10(8)17(18)11(14)16-7-9(13)6-15-16/h1-4,6-7,14,18H,5,12-13H2. The van der Waals surface area contributed by atoms with Crippen LogP contribution in [0.1, 0.15) is 5.56 Å². The van der Waals surface area contributed by atoms with Crippen LogP contribution in [0, 0.1) is 5.41 Å². The van der Waals surface area contributed by atoms with Gasteiger partial charge < -0.3 is 11.5 Å². The lowest BCUT2D eigenvalue weighted by atomic mass is 10.2. The monoisotopic (exact) mass is 246 g/mol. The van der Waals surface area contributed by atoms with Crippen molar-refractivity contribution in [2.75, 3.05) is 10.8 Å². The smallest absolute Gasteiger partial charge is 0.248 e. The molecule has 1 aromatic carbocycles. The number of rotatable bonds is 2. The second-order valence-electron chi connectivity index (χ2n) is 3.69. The fourth-order valence-corrected chi connectivity index (χ4v) is 1.55. The number of nitrogen functional groups attached to an aromatic ring is 1. The molecule has 0 spiro atoms. The van der Waals surface area contributed by atoms with Gasteiger partial charge in [0.15, 0.2) is 0 Å². The first kappa shape index (κ1) is 12.1. The predicted octanol–water partition coefficient (Wildman–Crippen LogP) is 0.603. The Bertz CT molecular complexity index is 564. The Labute approximate surface area is 104 Å². The molecule has 6 N–H and O–H groups in total. The number of nitrogens with two attached hydrogens (primary N) is 2. The number of para-hydroxylation sites is 1. The molecule has 7 heteroatoms. The van der Waals surface area contributed by atoms with Crippen LogP contribution in [0.5, 0.6) is 0 Å². The molecule has 1 aromatic heterocycles. The fourth-order valence-electron chi connectivity index (χ4n) is 1.55. The van der Waals surface area contributed by atoms with Crippen LogP contribution in [0.25, 0.3) is 0 Å². The van der Waals surface area contributed by atoms with Crippen LogP contribution in [0.4, 0.5) is 11.4 Å². The molecular formula is C11H14N6O. The maximum atomic E-state index is 10.0.